The van der Waals surface area contributed by atoms with E-state index in [-0.39, 0.29) is 5.97 Å². The Labute approximate surface area is 117 Å². The SMILES string of the molecule is CCCCc1ccc(C(=O)OCCCC(C)C)cc1. The van der Waals surface area contributed by atoms with Crippen LogP contribution < -0.4 is 0 Å². The highest BCUT2D eigenvalue weighted by molar-refractivity contribution is 5.89. The number of hydrogen-bond acceptors (Lipinski definition) is 2. The highest BCUT2D eigenvalue weighted by atomic mass is 16.5. The van der Waals surface area contributed by atoms with Crippen LogP contribution in [0.3, 0.4) is 0 Å². The molecule has 1 rings (SSSR count). The molecule has 0 unspecified atom stereocenters. The first-order valence-electron chi connectivity index (χ1n) is 7.39. The zero-order valence-corrected chi connectivity index (χ0v) is 12.4. The Kier molecular flexibility index (Phi) is 7.24. The molecule has 106 valence electrons. The standard InChI is InChI=1S/C17H26O2/c1-4-5-8-15-9-11-16(12-10-15)17(18)19-13-6-7-14(2)3/h9-12,14H,4-8,13H2,1-3H3. The minimum absolute atomic E-state index is 0.203. The fourth-order valence-electron chi connectivity index (χ4n) is 1.93. The first-order chi connectivity index (χ1) is 9.13. The third kappa shape index (κ3) is 6.42. The highest BCUT2D eigenvalue weighted by Gasteiger charge is 2.06. The summed E-state index contributed by atoms with van der Waals surface area (Å²) in [6, 6.07) is 7.80. The maximum Gasteiger partial charge on any atom is 0.338 e. The van der Waals surface area contributed by atoms with Gasteiger partial charge in [-0.05, 0) is 49.3 Å². The van der Waals surface area contributed by atoms with Crippen molar-refractivity contribution < 1.29 is 9.53 Å². The number of esters is 1. The predicted octanol–water partition coefficient (Wildman–Crippen LogP) is 4.62. The molecule has 0 spiro atoms. The molecule has 0 atom stereocenters. The maximum absolute atomic E-state index is 11.8. The molecule has 2 heteroatoms. The van der Waals surface area contributed by atoms with Crippen LogP contribution >= 0.6 is 0 Å². The Hall–Kier alpha value is -1.31. The molecule has 0 aliphatic carbocycles. The third-order valence-electron chi connectivity index (χ3n) is 3.17. The number of carbonyl (C=O) groups is 1. The molecule has 0 aliphatic rings. The lowest BCUT2D eigenvalue weighted by atomic mass is 10.1. The van der Waals surface area contributed by atoms with Crippen LogP contribution in [0, 0.1) is 5.92 Å². The Morgan fingerprint density at radius 1 is 1.16 bits per heavy atom. The van der Waals surface area contributed by atoms with Crippen molar-refractivity contribution >= 4 is 5.97 Å². The quantitative estimate of drug-likeness (QED) is 0.504. The monoisotopic (exact) mass is 262 g/mol. The summed E-state index contributed by atoms with van der Waals surface area (Å²) in [5.74, 6) is 0.461. The van der Waals surface area contributed by atoms with Crippen LogP contribution in [0.5, 0.6) is 0 Å². The van der Waals surface area contributed by atoms with Crippen LogP contribution in [0.25, 0.3) is 0 Å². The second-order valence-electron chi connectivity index (χ2n) is 5.47. The van der Waals surface area contributed by atoms with Crippen molar-refractivity contribution in [1.82, 2.24) is 0 Å². The molecule has 0 heterocycles. The minimum atomic E-state index is -0.203. The van der Waals surface area contributed by atoms with Crippen molar-refractivity contribution in [3.8, 4) is 0 Å². The maximum atomic E-state index is 11.8. The van der Waals surface area contributed by atoms with Crippen LogP contribution in [0.15, 0.2) is 24.3 Å². The van der Waals surface area contributed by atoms with Gasteiger partial charge in [0, 0.05) is 0 Å². The van der Waals surface area contributed by atoms with E-state index in [0.29, 0.717) is 18.1 Å². The van der Waals surface area contributed by atoms with Gasteiger partial charge in [-0.15, -0.1) is 0 Å². The van der Waals surface area contributed by atoms with Gasteiger partial charge < -0.3 is 4.74 Å². The van der Waals surface area contributed by atoms with Gasteiger partial charge in [-0.25, -0.2) is 4.79 Å². The molecular formula is C17H26O2. The first-order valence-corrected chi connectivity index (χ1v) is 7.39. The molecule has 0 saturated heterocycles. The molecule has 1 aromatic carbocycles. The molecule has 0 amide bonds. The number of unbranched alkanes of at least 4 members (excludes halogenated alkanes) is 1. The lowest BCUT2D eigenvalue weighted by molar-refractivity contribution is 0.0495. The van der Waals surface area contributed by atoms with Crippen molar-refractivity contribution in [2.75, 3.05) is 6.61 Å². The van der Waals surface area contributed by atoms with E-state index in [9.17, 15) is 4.79 Å². The molecule has 0 N–H and O–H groups in total. The molecule has 0 bridgehead atoms. The molecular weight excluding hydrogens is 236 g/mol. The normalized spacial score (nSPS) is 10.7. The summed E-state index contributed by atoms with van der Waals surface area (Å²) in [6.07, 6.45) is 5.51. The molecule has 0 aromatic heterocycles. The van der Waals surface area contributed by atoms with Crippen LogP contribution in [0.4, 0.5) is 0 Å². The summed E-state index contributed by atoms with van der Waals surface area (Å²) in [5, 5.41) is 0. The largest absolute Gasteiger partial charge is 0.462 e. The summed E-state index contributed by atoms with van der Waals surface area (Å²) in [4.78, 5) is 11.8. The minimum Gasteiger partial charge on any atom is -0.462 e. The smallest absolute Gasteiger partial charge is 0.338 e. The molecule has 0 fully saturated rings. The zero-order chi connectivity index (χ0) is 14.1. The number of rotatable bonds is 8. The average molecular weight is 262 g/mol. The van der Waals surface area contributed by atoms with Crippen molar-refractivity contribution in [3.05, 3.63) is 35.4 Å². The van der Waals surface area contributed by atoms with Gasteiger partial charge in [0.05, 0.1) is 12.2 Å². The molecule has 19 heavy (non-hydrogen) atoms. The van der Waals surface area contributed by atoms with E-state index in [1.165, 1.54) is 18.4 Å². The topological polar surface area (TPSA) is 26.3 Å². The summed E-state index contributed by atoms with van der Waals surface area (Å²) < 4.78 is 5.26. The fraction of sp³-hybridized carbons (Fsp3) is 0.588. The van der Waals surface area contributed by atoms with E-state index in [4.69, 9.17) is 4.74 Å². The summed E-state index contributed by atoms with van der Waals surface area (Å²) in [5.41, 5.74) is 1.95. The van der Waals surface area contributed by atoms with Gasteiger partial charge in [0.1, 0.15) is 0 Å². The van der Waals surface area contributed by atoms with Crippen molar-refractivity contribution in [1.29, 1.82) is 0 Å². The number of carbonyl (C=O) groups excluding carboxylic acids is 1. The number of aryl methyl sites for hydroxylation is 1. The van der Waals surface area contributed by atoms with Gasteiger partial charge in [-0.2, -0.15) is 0 Å². The Morgan fingerprint density at radius 3 is 2.42 bits per heavy atom. The summed E-state index contributed by atoms with van der Waals surface area (Å²) in [6.45, 7) is 7.06. The van der Waals surface area contributed by atoms with E-state index in [1.807, 2.05) is 24.3 Å². The van der Waals surface area contributed by atoms with Crippen molar-refractivity contribution in [2.45, 2.75) is 52.9 Å². The Bertz CT molecular complexity index is 365. The van der Waals surface area contributed by atoms with E-state index in [2.05, 4.69) is 20.8 Å². The molecule has 2 nitrogen and oxygen atoms in total. The second-order valence-corrected chi connectivity index (χ2v) is 5.47. The van der Waals surface area contributed by atoms with Gasteiger partial charge in [0.25, 0.3) is 0 Å². The third-order valence-corrected chi connectivity index (χ3v) is 3.17. The number of hydrogen-bond donors (Lipinski definition) is 0. The van der Waals surface area contributed by atoms with Crippen LogP contribution in [-0.4, -0.2) is 12.6 Å². The lowest BCUT2D eigenvalue weighted by Gasteiger charge is -2.07. The van der Waals surface area contributed by atoms with Gasteiger partial charge in [-0.1, -0.05) is 39.3 Å². The highest BCUT2D eigenvalue weighted by Crippen LogP contribution is 2.10. The zero-order valence-electron chi connectivity index (χ0n) is 12.4. The first kappa shape index (κ1) is 15.7. The van der Waals surface area contributed by atoms with Crippen molar-refractivity contribution in [3.63, 3.8) is 0 Å². The van der Waals surface area contributed by atoms with Gasteiger partial charge in [-0.3, -0.25) is 0 Å². The van der Waals surface area contributed by atoms with Crippen LogP contribution in [0.2, 0.25) is 0 Å². The Morgan fingerprint density at radius 2 is 1.84 bits per heavy atom. The second kappa shape index (κ2) is 8.73. The van der Waals surface area contributed by atoms with Gasteiger partial charge in [0.2, 0.25) is 0 Å². The number of benzene rings is 1. The average Bonchev–Trinajstić information content (AvgIpc) is 2.41. The fourth-order valence-corrected chi connectivity index (χ4v) is 1.93. The molecule has 0 aliphatic heterocycles. The molecule has 0 radical (unpaired) electrons. The van der Waals surface area contributed by atoms with Crippen LogP contribution in [0.1, 0.15) is 62.4 Å². The van der Waals surface area contributed by atoms with E-state index in [1.54, 1.807) is 0 Å². The molecule has 0 saturated carbocycles. The van der Waals surface area contributed by atoms with E-state index < -0.39 is 0 Å². The van der Waals surface area contributed by atoms with Crippen LogP contribution in [-0.2, 0) is 11.2 Å². The lowest BCUT2D eigenvalue weighted by Crippen LogP contribution is -2.07. The summed E-state index contributed by atoms with van der Waals surface area (Å²) >= 11 is 0. The van der Waals surface area contributed by atoms with Crippen molar-refractivity contribution in [2.24, 2.45) is 5.92 Å². The molecule has 1 aromatic rings. The summed E-state index contributed by atoms with van der Waals surface area (Å²) in [7, 11) is 0. The van der Waals surface area contributed by atoms with E-state index in [0.717, 1.165) is 19.3 Å². The van der Waals surface area contributed by atoms with Gasteiger partial charge in [0.15, 0.2) is 0 Å². The number of ether oxygens (including phenoxy) is 1. The van der Waals surface area contributed by atoms with E-state index >= 15 is 0 Å². The Balaban J connectivity index is 2.36. The predicted molar refractivity (Wildman–Crippen MR) is 79.4 cm³/mol. The van der Waals surface area contributed by atoms with Gasteiger partial charge >= 0.3 is 5.97 Å².